The van der Waals surface area contributed by atoms with Gasteiger partial charge in [0.15, 0.2) is 0 Å². The second-order valence-electron chi connectivity index (χ2n) is 6.00. The minimum absolute atomic E-state index is 0.162. The molecule has 1 rings (SSSR count). The van der Waals surface area contributed by atoms with Crippen molar-refractivity contribution in [3.05, 3.63) is 0 Å². The van der Waals surface area contributed by atoms with Crippen LogP contribution >= 0.6 is 0 Å². The van der Waals surface area contributed by atoms with E-state index in [1.165, 1.54) is 51.5 Å². The Bertz CT molecular complexity index is 270. The monoisotopic (exact) mass is 285 g/mol. The molecule has 2 atom stereocenters. The summed E-state index contributed by atoms with van der Waals surface area (Å²) in [5.74, 6) is -0.367. The Morgan fingerprint density at radius 2 is 2.15 bits per heavy atom. The largest absolute Gasteiger partial charge is 0.480 e. The third-order valence-corrected chi connectivity index (χ3v) is 4.16. The van der Waals surface area contributed by atoms with Crippen molar-refractivity contribution in [2.24, 2.45) is 5.92 Å². The summed E-state index contributed by atoms with van der Waals surface area (Å²) in [5, 5.41) is 8.61. The van der Waals surface area contributed by atoms with Crippen LogP contribution in [-0.2, 0) is 9.53 Å². The van der Waals surface area contributed by atoms with E-state index in [0.717, 1.165) is 6.54 Å². The predicted octanol–water partition coefficient (Wildman–Crippen LogP) is 3.16. The van der Waals surface area contributed by atoms with Gasteiger partial charge in [-0.1, -0.05) is 33.1 Å². The first-order valence-electron chi connectivity index (χ1n) is 8.20. The maximum Gasteiger partial charge on any atom is 0.329 e. The molecular formula is C16H31NO3. The molecule has 1 saturated heterocycles. The normalized spacial score (nSPS) is 21.8. The number of rotatable bonds is 10. The quantitative estimate of drug-likeness (QED) is 0.670. The molecule has 1 unspecified atom stereocenters. The number of likely N-dealkylation sites (tertiary alicyclic amines) is 1. The van der Waals surface area contributed by atoms with E-state index in [4.69, 9.17) is 9.84 Å². The van der Waals surface area contributed by atoms with Gasteiger partial charge in [0.2, 0.25) is 0 Å². The lowest BCUT2D eigenvalue weighted by Gasteiger charge is -2.38. The van der Waals surface area contributed by atoms with Crippen LogP contribution in [0.1, 0.15) is 58.8 Å². The van der Waals surface area contributed by atoms with E-state index in [2.05, 4.69) is 18.7 Å². The van der Waals surface area contributed by atoms with Crippen molar-refractivity contribution in [3.63, 3.8) is 0 Å². The molecule has 0 aromatic carbocycles. The number of aliphatic carboxylic acids is 1. The minimum Gasteiger partial charge on any atom is -0.480 e. The number of unbranched alkanes of at least 4 members (excludes halogenated alkanes) is 1. The highest BCUT2D eigenvalue weighted by atomic mass is 16.5. The highest BCUT2D eigenvalue weighted by Crippen LogP contribution is 2.23. The van der Waals surface area contributed by atoms with Crippen LogP contribution in [0.5, 0.6) is 0 Å². The van der Waals surface area contributed by atoms with Gasteiger partial charge in [-0.05, 0) is 38.1 Å². The molecule has 1 heterocycles. The van der Waals surface area contributed by atoms with Crippen LogP contribution in [0.25, 0.3) is 0 Å². The molecule has 0 saturated carbocycles. The minimum atomic E-state index is -0.871. The third kappa shape index (κ3) is 6.71. The summed E-state index contributed by atoms with van der Waals surface area (Å²) in [6.07, 6.45) is 8.78. The lowest BCUT2D eigenvalue weighted by atomic mass is 9.94. The second kappa shape index (κ2) is 10.2. The molecule has 0 radical (unpaired) electrons. The molecule has 0 spiro atoms. The van der Waals surface area contributed by atoms with Crippen LogP contribution < -0.4 is 0 Å². The number of piperidine rings is 1. The second-order valence-corrected chi connectivity index (χ2v) is 6.00. The molecule has 1 aliphatic rings. The van der Waals surface area contributed by atoms with Gasteiger partial charge in [-0.3, -0.25) is 0 Å². The Hall–Kier alpha value is -0.610. The van der Waals surface area contributed by atoms with Gasteiger partial charge in [-0.25, -0.2) is 4.79 Å². The van der Waals surface area contributed by atoms with Crippen molar-refractivity contribution >= 4 is 5.97 Å². The molecule has 1 fully saturated rings. The van der Waals surface area contributed by atoms with E-state index in [0.29, 0.717) is 18.6 Å². The number of hydrogen-bond donors (Lipinski definition) is 1. The third-order valence-electron chi connectivity index (χ3n) is 4.16. The lowest BCUT2D eigenvalue weighted by Crippen LogP contribution is -2.43. The Morgan fingerprint density at radius 1 is 1.35 bits per heavy atom. The molecule has 4 nitrogen and oxygen atoms in total. The molecule has 118 valence electrons. The lowest BCUT2D eigenvalue weighted by molar-refractivity contribution is -0.142. The fraction of sp³-hybridized carbons (Fsp3) is 0.938. The number of hydrogen-bond acceptors (Lipinski definition) is 3. The van der Waals surface area contributed by atoms with Crippen LogP contribution in [0.2, 0.25) is 0 Å². The molecule has 4 heteroatoms. The van der Waals surface area contributed by atoms with Gasteiger partial charge < -0.3 is 14.7 Å². The van der Waals surface area contributed by atoms with Crippen LogP contribution in [0, 0.1) is 5.92 Å². The van der Waals surface area contributed by atoms with Crippen molar-refractivity contribution in [1.29, 1.82) is 0 Å². The molecule has 0 bridgehead atoms. The number of carboxylic acid groups (broad SMARTS) is 1. The van der Waals surface area contributed by atoms with Crippen molar-refractivity contribution in [2.75, 3.05) is 26.3 Å². The molecule has 0 aromatic heterocycles. The molecule has 1 N–H and O–H groups in total. The summed E-state index contributed by atoms with van der Waals surface area (Å²) < 4.78 is 5.28. The Balaban J connectivity index is 2.37. The van der Waals surface area contributed by atoms with Crippen molar-refractivity contribution < 1.29 is 14.6 Å². The summed E-state index contributed by atoms with van der Waals surface area (Å²) in [7, 11) is 0. The number of ether oxygens (including phenoxy) is 1. The maximum atomic E-state index is 10.5. The molecular weight excluding hydrogens is 254 g/mol. The van der Waals surface area contributed by atoms with E-state index in [-0.39, 0.29) is 6.61 Å². The Labute approximate surface area is 123 Å². The maximum absolute atomic E-state index is 10.5. The summed E-state index contributed by atoms with van der Waals surface area (Å²) in [5.41, 5.74) is 0. The van der Waals surface area contributed by atoms with E-state index < -0.39 is 5.97 Å². The van der Waals surface area contributed by atoms with Gasteiger partial charge in [0.25, 0.3) is 0 Å². The van der Waals surface area contributed by atoms with Crippen LogP contribution in [-0.4, -0.2) is 48.3 Å². The SMILES string of the molecule is CCCCC(CCC)N1CCC[C@H](COCC(=O)O)C1. The predicted molar refractivity (Wildman–Crippen MR) is 81.0 cm³/mol. The zero-order valence-electron chi connectivity index (χ0n) is 13.1. The van der Waals surface area contributed by atoms with Crippen molar-refractivity contribution in [1.82, 2.24) is 4.90 Å². The highest BCUT2D eigenvalue weighted by Gasteiger charge is 2.25. The van der Waals surface area contributed by atoms with E-state index >= 15 is 0 Å². The van der Waals surface area contributed by atoms with Crippen molar-refractivity contribution in [2.45, 2.75) is 64.8 Å². The Kier molecular flexibility index (Phi) is 8.86. The van der Waals surface area contributed by atoms with Gasteiger partial charge in [-0.2, -0.15) is 0 Å². The summed E-state index contributed by atoms with van der Waals surface area (Å²) >= 11 is 0. The Morgan fingerprint density at radius 3 is 2.80 bits per heavy atom. The van der Waals surface area contributed by atoms with E-state index in [9.17, 15) is 4.79 Å². The first-order chi connectivity index (χ1) is 9.67. The molecule has 0 aliphatic carbocycles. The molecule has 1 aliphatic heterocycles. The van der Waals surface area contributed by atoms with Gasteiger partial charge in [0.1, 0.15) is 6.61 Å². The first kappa shape index (κ1) is 17.4. The van der Waals surface area contributed by atoms with E-state index in [1.807, 2.05) is 0 Å². The van der Waals surface area contributed by atoms with Gasteiger partial charge in [0.05, 0.1) is 6.61 Å². The summed E-state index contributed by atoms with van der Waals surface area (Å²) in [4.78, 5) is 13.1. The first-order valence-corrected chi connectivity index (χ1v) is 8.20. The molecule has 0 amide bonds. The van der Waals surface area contributed by atoms with Gasteiger partial charge in [-0.15, -0.1) is 0 Å². The smallest absolute Gasteiger partial charge is 0.329 e. The van der Waals surface area contributed by atoms with Crippen molar-refractivity contribution in [3.8, 4) is 0 Å². The average molecular weight is 285 g/mol. The molecule has 0 aromatic rings. The van der Waals surface area contributed by atoms with Gasteiger partial charge in [0, 0.05) is 12.6 Å². The average Bonchev–Trinajstić information content (AvgIpc) is 2.43. The topological polar surface area (TPSA) is 49.8 Å². The van der Waals surface area contributed by atoms with Gasteiger partial charge >= 0.3 is 5.97 Å². The number of carboxylic acids is 1. The summed E-state index contributed by atoms with van der Waals surface area (Å²) in [6, 6.07) is 0.710. The zero-order chi connectivity index (χ0) is 14.8. The fourth-order valence-corrected chi connectivity index (χ4v) is 3.16. The van der Waals surface area contributed by atoms with E-state index in [1.54, 1.807) is 0 Å². The zero-order valence-corrected chi connectivity index (χ0v) is 13.1. The highest BCUT2D eigenvalue weighted by molar-refractivity contribution is 5.67. The number of nitrogens with zero attached hydrogens (tertiary/aromatic N) is 1. The van der Waals surface area contributed by atoms with Crippen LogP contribution in [0.3, 0.4) is 0 Å². The summed E-state index contributed by atoms with van der Waals surface area (Å²) in [6.45, 7) is 7.22. The van der Waals surface area contributed by atoms with Crippen LogP contribution in [0.15, 0.2) is 0 Å². The van der Waals surface area contributed by atoms with Crippen LogP contribution in [0.4, 0.5) is 0 Å². The molecule has 20 heavy (non-hydrogen) atoms. The fourth-order valence-electron chi connectivity index (χ4n) is 3.16. The number of carbonyl (C=O) groups is 1. The standard InChI is InChI=1S/C16H31NO3/c1-3-5-9-15(7-4-2)17-10-6-8-14(11-17)12-20-13-16(18)19/h14-15H,3-13H2,1-2H3,(H,18,19)/t14-,15?/m0/s1.